The van der Waals surface area contributed by atoms with Gasteiger partial charge in [0.2, 0.25) is 5.91 Å². The molecule has 0 aliphatic carbocycles. The first-order valence-corrected chi connectivity index (χ1v) is 8.97. The van der Waals surface area contributed by atoms with Gasteiger partial charge >= 0.3 is 6.03 Å². The molecule has 0 unspecified atom stereocenters. The Hall–Kier alpha value is -3.16. The largest absolute Gasteiger partial charge is 0.347 e. The maximum atomic E-state index is 13.2. The average Bonchev–Trinajstić information content (AvgIpc) is 3.10. The van der Waals surface area contributed by atoms with Crippen LogP contribution in [0, 0.1) is 6.92 Å². The molecule has 2 aliphatic heterocycles. The molecule has 1 aromatic heterocycles. The van der Waals surface area contributed by atoms with Gasteiger partial charge in [0.1, 0.15) is 12.4 Å². The lowest BCUT2D eigenvalue weighted by Crippen LogP contribution is -2.55. The second-order valence-electron chi connectivity index (χ2n) is 6.95. The van der Waals surface area contributed by atoms with Crippen molar-refractivity contribution in [3.8, 4) is 5.69 Å². The number of carbonyl (C=O) groups excluding carboxylic acids is 2. The summed E-state index contributed by atoms with van der Waals surface area (Å²) in [5.41, 5.74) is 2.69. The maximum Gasteiger partial charge on any atom is 0.331 e. The number of amides is 3. The highest BCUT2D eigenvalue weighted by Crippen LogP contribution is 2.33. The molecule has 4 rings (SSSR count). The highest BCUT2D eigenvalue weighted by Gasteiger charge is 2.40. The number of likely N-dealkylation sites (N-methyl/N-ethyl adjacent to an activating group) is 1. The van der Waals surface area contributed by atoms with Gasteiger partial charge in [-0.25, -0.2) is 9.48 Å². The molecule has 0 radical (unpaired) electrons. The lowest BCUT2D eigenvalue weighted by atomic mass is 10.1. The van der Waals surface area contributed by atoms with E-state index in [9.17, 15) is 9.59 Å². The van der Waals surface area contributed by atoms with Crippen LogP contribution < -0.4 is 4.90 Å². The Morgan fingerprint density at radius 2 is 2.04 bits per heavy atom. The number of aliphatic imine (C=N–C) groups is 1. The third-order valence-corrected chi connectivity index (χ3v) is 4.90. The fourth-order valence-corrected chi connectivity index (χ4v) is 3.41. The smallest absolute Gasteiger partial charge is 0.331 e. The number of hydrogen-bond donors (Lipinski definition) is 0. The number of hydrogen-bond acceptors (Lipinski definition) is 4. The summed E-state index contributed by atoms with van der Waals surface area (Å²) in [6.45, 7) is 3.23. The van der Waals surface area contributed by atoms with Crippen molar-refractivity contribution >= 4 is 23.6 Å². The number of para-hydroxylation sites is 1. The Kier molecular flexibility index (Phi) is 4.18. The lowest BCUT2D eigenvalue weighted by molar-refractivity contribution is -0.127. The van der Waals surface area contributed by atoms with Crippen molar-refractivity contribution in [3.63, 3.8) is 0 Å². The number of urea groups is 1. The molecule has 1 aromatic carbocycles. The Balaban J connectivity index is 1.90. The van der Waals surface area contributed by atoms with Gasteiger partial charge in [-0.15, -0.1) is 0 Å². The van der Waals surface area contributed by atoms with Crippen molar-refractivity contribution < 1.29 is 9.59 Å². The predicted molar refractivity (Wildman–Crippen MR) is 102 cm³/mol. The summed E-state index contributed by atoms with van der Waals surface area (Å²) in [6, 6.07) is 7.61. The summed E-state index contributed by atoms with van der Waals surface area (Å²) >= 11 is 0. The van der Waals surface area contributed by atoms with E-state index in [1.54, 1.807) is 29.9 Å². The third-order valence-electron chi connectivity index (χ3n) is 4.90. The Labute approximate surface area is 157 Å². The van der Waals surface area contributed by atoms with Gasteiger partial charge in [0.05, 0.1) is 17.4 Å². The van der Waals surface area contributed by atoms with Gasteiger partial charge in [0, 0.05) is 27.2 Å². The van der Waals surface area contributed by atoms with Crippen LogP contribution in [0.1, 0.15) is 17.5 Å². The number of benzene rings is 1. The monoisotopic (exact) mass is 366 g/mol. The number of rotatable bonds is 3. The number of carbonyl (C=O) groups is 2. The van der Waals surface area contributed by atoms with E-state index in [1.807, 2.05) is 31.2 Å². The molecule has 2 aliphatic rings. The zero-order valence-corrected chi connectivity index (χ0v) is 15.7. The van der Waals surface area contributed by atoms with Crippen LogP contribution in [0.5, 0.6) is 0 Å². The van der Waals surface area contributed by atoms with E-state index < -0.39 is 0 Å². The minimum absolute atomic E-state index is 0.0415. The van der Waals surface area contributed by atoms with E-state index in [0.29, 0.717) is 24.7 Å². The molecule has 0 N–H and O–H groups in total. The van der Waals surface area contributed by atoms with E-state index >= 15 is 0 Å². The molecule has 0 fully saturated rings. The second-order valence-corrected chi connectivity index (χ2v) is 6.95. The van der Waals surface area contributed by atoms with Gasteiger partial charge in [-0.2, -0.15) is 5.10 Å². The molecule has 140 valence electrons. The van der Waals surface area contributed by atoms with Crippen LogP contribution in [-0.4, -0.2) is 71.1 Å². The standard InChI is InChI=1S/C19H22N6O2/c1-13-7-4-5-8-15(13)25-18-14(11-21-25)17-20-9-6-10-23(17)19(27)24(18)12-16(26)22(2)3/h4-5,7-8,11H,6,9-10,12H2,1-3H3. The molecule has 0 spiro atoms. The fourth-order valence-electron chi connectivity index (χ4n) is 3.41. The zero-order chi connectivity index (χ0) is 19.1. The van der Waals surface area contributed by atoms with Gasteiger partial charge in [0.15, 0.2) is 5.82 Å². The van der Waals surface area contributed by atoms with Gasteiger partial charge in [-0.1, -0.05) is 18.2 Å². The van der Waals surface area contributed by atoms with E-state index in [-0.39, 0.29) is 18.5 Å². The summed E-state index contributed by atoms with van der Waals surface area (Å²) in [5, 5.41) is 4.55. The van der Waals surface area contributed by atoms with E-state index in [1.165, 1.54) is 9.80 Å². The van der Waals surface area contributed by atoms with Crippen molar-refractivity contribution in [3.05, 3.63) is 41.6 Å². The molecular weight excluding hydrogens is 344 g/mol. The van der Waals surface area contributed by atoms with Crippen LogP contribution in [-0.2, 0) is 4.79 Å². The number of amidine groups is 1. The Morgan fingerprint density at radius 3 is 2.78 bits per heavy atom. The topological polar surface area (TPSA) is 74.0 Å². The van der Waals surface area contributed by atoms with Crippen molar-refractivity contribution in [2.45, 2.75) is 13.3 Å². The molecular formula is C19H22N6O2. The minimum Gasteiger partial charge on any atom is -0.347 e. The maximum absolute atomic E-state index is 13.2. The first-order chi connectivity index (χ1) is 13.0. The highest BCUT2D eigenvalue weighted by molar-refractivity contribution is 6.19. The first kappa shape index (κ1) is 17.3. The first-order valence-electron chi connectivity index (χ1n) is 8.97. The number of nitrogens with zero attached hydrogens (tertiary/aromatic N) is 6. The van der Waals surface area contributed by atoms with Crippen LogP contribution >= 0.6 is 0 Å². The van der Waals surface area contributed by atoms with Crippen LogP contribution in [0.15, 0.2) is 35.5 Å². The lowest BCUT2D eigenvalue weighted by Gasteiger charge is -2.38. The molecule has 8 nitrogen and oxygen atoms in total. The Morgan fingerprint density at radius 1 is 1.26 bits per heavy atom. The molecule has 8 heteroatoms. The molecule has 2 aromatic rings. The predicted octanol–water partition coefficient (Wildman–Crippen LogP) is 1.66. The van der Waals surface area contributed by atoms with Gasteiger partial charge in [0.25, 0.3) is 0 Å². The van der Waals surface area contributed by atoms with Crippen LogP contribution in [0.25, 0.3) is 5.69 Å². The summed E-state index contributed by atoms with van der Waals surface area (Å²) in [5.74, 6) is 1.10. The zero-order valence-electron chi connectivity index (χ0n) is 15.7. The number of aryl methyl sites for hydroxylation is 1. The van der Waals surface area contributed by atoms with Crippen molar-refractivity contribution in [2.75, 3.05) is 38.6 Å². The van der Waals surface area contributed by atoms with E-state index in [4.69, 9.17) is 0 Å². The van der Waals surface area contributed by atoms with Gasteiger partial charge in [-0.05, 0) is 25.0 Å². The molecule has 0 saturated heterocycles. The highest BCUT2D eigenvalue weighted by atomic mass is 16.2. The SMILES string of the molecule is Cc1ccccc1-n1ncc2c1N(CC(=O)N(C)C)C(=O)N1CCCN=C21. The molecule has 0 saturated carbocycles. The van der Waals surface area contributed by atoms with Crippen molar-refractivity contribution in [1.82, 2.24) is 19.6 Å². The summed E-state index contributed by atoms with van der Waals surface area (Å²) in [6.07, 6.45) is 2.55. The van der Waals surface area contributed by atoms with Crippen LogP contribution in [0.4, 0.5) is 10.6 Å². The number of aromatic nitrogens is 2. The van der Waals surface area contributed by atoms with Crippen molar-refractivity contribution in [2.24, 2.45) is 4.99 Å². The number of anilines is 1. The number of fused-ring (bicyclic) bond motifs is 3. The van der Waals surface area contributed by atoms with E-state index in [0.717, 1.165) is 23.2 Å². The van der Waals surface area contributed by atoms with E-state index in [2.05, 4.69) is 10.1 Å². The van der Waals surface area contributed by atoms with Gasteiger partial charge in [-0.3, -0.25) is 19.6 Å². The van der Waals surface area contributed by atoms with Gasteiger partial charge < -0.3 is 4.90 Å². The Bertz CT molecular complexity index is 945. The second kappa shape index (κ2) is 6.53. The minimum atomic E-state index is -0.230. The van der Waals surface area contributed by atoms with Crippen molar-refractivity contribution in [1.29, 1.82) is 0 Å². The fraction of sp³-hybridized carbons (Fsp3) is 0.368. The molecule has 3 heterocycles. The third kappa shape index (κ3) is 2.77. The summed E-state index contributed by atoms with van der Waals surface area (Å²) in [7, 11) is 3.37. The molecule has 0 atom stereocenters. The summed E-state index contributed by atoms with van der Waals surface area (Å²) < 4.78 is 1.74. The quantitative estimate of drug-likeness (QED) is 0.829. The van der Waals surface area contributed by atoms with Crippen LogP contribution in [0.2, 0.25) is 0 Å². The van der Waals surface area contributed by atoms with Crippen LogP contribution in [0.3, 0.4) is 0 Å². The average molecular weight is 366 g/mol. The molecule has 27 heavy (non-hydrogen) atoms. The molecule has 0 bridgehead atoms. The summed E-state index contributed by atoms with van der Waals surface area (Å²) in [4.78, 5) is 34.8. The molecule has 3 amide bonds. The normalized spacial score (nSPS) is 16.0.